The molecule has 0 unspecified atom stereocenters. The molecule has 4 aromatic heterocycles. The van der Waals surface area contributed by atoms with E-state index < -0.39 is 0 Å². The van der Waals surface area contributed by atoms with Crippen molar-refractivity contribution in [2.24, 2.45) is 7.05 Å². The van der Waals surface area contributed by atoms with Crippen LogP contribution in [-0.2, 0) is 7.05 Å². The van der Waals surface area contributed by atoms with Gasteiger partial charge in [0.2, 0.25) is 0 Å². The number of nitrogens with zero attached hydrogens (tertiary/aromatic N) is 6. The molecule has 0 aliphatic carbocycles. The van der Waals surface area contributed by atoms with E-state index >= 15 is 0 Å². The summed E-state index contributed by atoms with van der Waals surface area (Å²) in [6.45, 7) is 4.07. The predicted octanol–water partition coefficient (Wildman–Crippen LogP) is 3.09. The van der Waals surface area contributed by atoms with Gasteiger partial charge in [-0.25, -0.2) is 9.97 Å². The minimum Gasteiger partial charge on any atom is -0.328 e. The Balaban J connectivity index is 1.60. The van der Waals surface area contributed by atoms with E-state index in [-0.39, 0.29) is 0 Å². The fourth-order valence-corrected chi connectivity index (χ4v) is 5.06. The fourth-order valence-electron chi connectivity index (χ4n) is 3.31. The lowest BCUT2D eigenvalue weighted by molar-refractivity contribution is 0.768. The van der Waals surface area contributed by atoms with Crippen molar-refractivity contribution in [2.45, 2.75) is 23.6 Å². The number of imidazole rings is 1. The number of aryl methyl sites for hydroxylation is 2. The van der Waals surface area contributed by atoms with Crippen LogP contribution in [-0.4, -0.2) is 46.9 Å². The molecule has 0 saturated carbocycles. The van der Waals surface area contributed by atoms with Gasteiger partial charge >= 0.3 is 0 Å². The van der Waals surface area contributed by atoms with E-state index in [2.05, 4.69) is 35.7 Å². The van der Waals surface area contributed by atoms with E-state index in [1.54, 1.807) is 4.68 Å². The van der Waals surface area contributed by atoms with Crippen molar-refractivity contribution in [3.05, 3.63) is 36.5 Å². The van der Waals surface area contributed by atoms with Crippen molar-refractivity contribution in [3.8, 4) is 11.3 Å². The number of anilines is 2. The maximum atomic E-state index is 4.88. The molecule has 2 N–H and O–H groups in total. The molecule has 0 aromatic carbocycles. The molecule has 0 bridgehead atoms. The van der Waals surface area contributed by atoms with E-state index in [0.717, 1.165) is 58.0 Å². The van der Waals surface area contributed by atoms with Crippen molar-refractivity contribution >= 4 is 39.8 Å². The zero-order valence-corrected chi connectivity index (χ0v) is 17.2. The summed E-state index contributed by atoms with van der Waals surface area (Å²) in [5, 5.41) is 13.6. The van der Waals surface area contributed by atoms with Crippen molar-refractivity contribution in [3.63, 3.8) is 0 Å². The highest BCUT2D eigenvalue weighted by Crippen LogP contribution is 2.32. The standard InChI is InChI=1S/C18H20N8S2/c1-11-5-15(28-24-11)22-17-18-20-8-14(12-6-21-25(2)9-12)26(18)10-16(23-17)27-13-3-4-19-7-13/h5-6,8-10,13,19H,3-4,7H2,1-2H3,(H,22,23)/t13-/m1/s1. The first-order valence-corrected chi connectivity index (χ1v) is 10.8. The van der Waals surface area contributed by atoms with Crippen LogP contribution < -0.4 is 10.6 Å². The quantitative estimate of drug-likeness (QED) is 0.521. The van der Waals surface area contributed by atoms with Crippen LogP contribution in [0.4, 0.5) is 10.8 Å². The molecule has 0 spiro atoms. The molecule has 1 fully saturated rings. The maximum Gasteiger partial charge on any atom is 0.181 e. The molecular weight excluding hydrogens is 392 g/mol. The Kier molecular flexibility index (Phi) is 4.53. The second-order valence-electron chi connectivity index (χ2n) is 6.86. The Morgan fingerprint density at radius 1 is 1.32 bits per heavy atom. The smallest absolute Gasteiger partial charge is 0.181 e. The van der Waals surface area contributed by atoms with Gasteiger partial charge in [-0.1, -0.05) is 0 Å². The average molecular weight is 413 g/mol. The second-order valence-corrected chi connectivity index (χ2v) is 8.98. The van der Waals surface area contributed by atoms with E-state index in [4.69, 9.17) is 4.98 Å². The Labute approximate surface area is 170 Å². The Morgan fingerprint density at radius 2 is 2.25 bits per heavy atom. The Morgan fingerprint density at radius 3 is 2.96 bits per heavy atom. The molecule has 10 heteroatoms. The topological polar surface area (TPSA) is 85.0 Å². The van der Waals surface area contributed by atoms with E-state index in [0.29, 0.717) is 5.25 Å². The molecule has 5 rings (SSSR count). The van der Waals surface area contributed by atoms with Crippen LogP contribution in [0.15, 0.2) is 35.9 Å². The molecule has 8 nitrogen and oxygen atoms in total. The zero-order chi connectivity index (χ0) is 19.1. The van der Waals surface area contributed by atoms with E-state index in [1.807, 2.05) is 50.4 Å². The summed E-state index contributed by atoms with van der Waals surface area (Å²) >= 11 is 3.24. The second kappa shape index (κ2) is 7.19. The van der Waals surface area contributed by atoms with Gasteiger partial charge in [0.1, 0.15) is 10.0 Å². The number of fused-ring (bicyclic) bond motifs is 1. The first-order chi connectivity index (χ1) is 13.7. The summed E-state index contributed by atoms with van der Waals surface area (Å²) < 4.78 is 8.26. The van der Waals surface area contributed by atoms with Gasteiger partial charge in [-0.05, 0) is 37.5 Å². The van der Waals surface area contributed by atoms with Gasteiger partial charge in [0.15, 0.2) is 11.5 Å². The van der Waals surface area contributed by atoms with Gasteiger partial charge in [0.25, 0.3) is 0 Å². The lowest BCUT2D eigenvalue weighted by atomic mass is 10.3. The van der Waals surface area contributed by atoms with E-state index in [1.165, 1.54) is 11.5 Å². The van der Waals surface area contributed by atoms with Crippen molar-refractivity contribution in [1.29, 1.82) is 0 Å². The molecule has 0 radical (unpaired) electrons. The SMILES string of the molecule is Cc1cc(Nc2nc(S[C@@H]3CCNC3)cn3c(-c4cnn(C)c4)cnc23)sn1. The monoisotopic (exact) mass is 412 g/mol. The van der Waals surface area contributed by atoms with Gasteiger partial charge < -0.3 is 10.6 Å². The number of aromatic nitrogens is 6. The third-order valence-corrected chi connectivity index (χ3v) is 6.61. The molecule has 0 amide bonds. The molecule has 144 valence electrons. The molecule has 1 saturated heterocycles. The maximum absolute atomic E-state index is 4.88. The summed E-state index contributed by atoms with van der Waals surface area (Å²) in [5.41, 5.74) is 3.81. The number of hydrogen-bond acceptors (Lipinski definition) is 8. The molecule has 1 aliphatic rings. The minimum atomic E-state index is 0.536. The van der Waals surface area contributed by atoms with Gasteiger partial charge in [-0.15, -0.1) is 11.8 Å². The molecule has 1 atom stereocenters. The molecule has 4 aromatic rings. The molecule has 5 heterocycles. The number of rotatable bonds is 5. The largest absolute Gasteiger partial charge is 0.328 e. The lowest BCUT2D eigenvalue weighted by Crippen LogP contribution is -2.10. The van der Waals surface area contributed by atoms with Crippen LogP contribution in [0.3, 0.4) is 0 Å². The zero-order valence-electron chi connectivity index (χ0n) is 15.6. The summed E-state index contributed by atoms with van der Waals surface area (Å²) in [5.74, 6) is 0.745. The van der Waals surface area contributed by atoms with Gasteiger partial charge in [-0.3, -0.25) is 9.08 Å². The highest BCUT2D eigenvalue weighted by Gasteiger charge is 2.20. The first-order valence-electron chi connectivity index (χ1n) is 9.10. The van der Waals surface area contributed by atoms with Gasteiger partial charge in [0.05, 0.1) is 23.8 Å². The number of thioether (sulfide) groups is 1. The first kappa shape index (κ1) is 17.7. The van der Waals surface area contributed by atoms with Gasteiger partial charge in [-0.2, -0.15) is 9.47 Å². The third-order valence-electron chi connectivity index (χ3n) is 4.64. The Bertz CT molecular complexity index is 1120. The predicted molar refractivity (Wildman–Crippen MR) is 112 cm³/mol. The average Bonchev–Trinajstić information content (AvgIpc) is 3.43. The molecule has 1 aliphatic heterocycles. The lowest BCUT2D eigenvalue weighted by Gasteiger charge is -2.11. The highest BCUT2D eigenvalue weighted by atomic mass is 32.2. The van der Waals surface area contributed by atoms with Crippen molar-refractivity contribution in [1.82, 2.24) is 33.8 Å². The third kappa shape index (κ3) is 3.38. The van der Waals surface area contributed by atoms with Crippen molar-refractivity contribution in [2.75, 3.05) is 18.4 Å². The fraction of sp³-hybridized carbons (Fsp3) is 0.333. The summed E-state index contributed by atoms with van der Waals surface area (Å²) in [6, 6.07) is 2.02. The van der Waals surface area contributed by atoms with Crippen LogP contribution in [0.5, 0.6) is 0 Å². The van der Waals surface area contributed by atoms with Crippen molar-refractivity contribution < 1.29 is 0 Å². The van der Waals surface area contributed by atoms with Crippen LogP contribution >= 0.6 is 23.3 Å². The highest BCUT2D eigenvalue weighted by molar-refractivity contribution is 7.99. The number of hydrogen-bond donors (Lipinski definition) is 2. The minimum absolute atomic E-state index is 0.536. The summed E-state index contributed by atoms with van der Waals surface area (Å²) in [6.07, 6.45) is 8.97. The van der Waals surface area contributed by atoms with Crippen LogP contribution in [0, 0.1) is 6.92 Å². The van der Waals surface area contributed by atoms with Crippen LogP contribution in [0.1, 0.15) is 12.1 Å². The normalized spacial score (nSPS) is 16.9. The summed E-state index contributed by atoms with van der Waals surface area (Å²) in [7, 11) is 1.92. The molecule has 28 heavy (non-hydrogen) atoms. The van der Waals surface area contributed by atoms with Crippen LogP contribution in [0.2, 0.25) is 0 Å². The summed E-state index contributed by atoms with van der Waals surface area (Å²) in [4.78, 5) is 9.52. The van der Waals surface area contributed by atoms with Gasteiger partial charge in [0, 0.05) is 36.8 Å². The Hall–Kier alpha value is -2.43. The van der Waals surface area contributed by atoms with E-state index in [9.17, 15) is 0 Å². The van der Waals surface area contributed by atoms with Crippen LogP contribution in [0.25, 0.3) is 16.9 Å². The molecular formula is C18H20N8S2. The number of nitrogens with one attached hydrogen (secondary N) is 2.